The minimum Gasteiger partial charge on any atom is -0.463 e. The van der Waals surface area contributed by atoms with Gasteiger partial charge in [-0.05, 0) is 0 Å². The maximum Gasteiger partial charge on any atom is 0.303 e. The molecule has 0 fully saturated rings. The van der Waals surface area contributed by atoms with E-state index in [1.807, 2.05) is 0 Å². The van der Waals surface area contributed by atoms with Crippen LogP contribution in [-0.2, 0) is 19.1 Å². The molecule has 106 valence electrons. The fourth-order valence-electron chi connectivity index (χ4n) is 1.19. The first-order valence-electron chi connectivity index (χ1n) is 5.25. The fourth-order valence-corrected chi connectivity index (χ4v) is 1.19. The number of aliphatic hydroxyl groups is 4. The monoisotopic (exact) mass is 266 g/mol. The van der Waals surface area contributed by atoms with Crippen LogP contribution in [0.3, 0.4) is 0 Å². The Morgan fingerprint density at radius 1 is 1.06 bits per heavy atom. The van der Waals surface area contributed by atoms with E-state index in [1.165, 1.54) is 0 Å². The van der Waals surface area contributed by atoms with Crippen LogP contribution >= 0.6 is 0 Å². The highest BCUT2D eigenvalue weighted by molar-refractivity contribution is 5.66. The van der Waals surface area contributed by atoms with Gasteiger partial charge < -0.3 is 29.9 Å². The Hall–Kier alpha value is -1.22. The SMILES string of the molecule is CC(=O)OC[C@H](O)[C@@H](OC(C)=O)[C@H](O)[C@H](O)CO. The van der Waals surface area contributed by atoms with Crippen LogP contribution in [0.15, 0.2) is 0 Å². The van der Waals surface area contributed by atoms with Crippen LogP contribution in [0.25, 0.3) is 0 Å². The van der Waals surface area contributed by atoms with Gasteiger partial charge in [-0.1, -0.05) is 0 Å². The highest BCUT2D eigenvalue weighted by atomic mass is 16.6. The molecule has 0 aliphatic rings. The van der Waals surface area contributed by atoms with Crippen LogP contribution in [0.2, 0.25) is 0 Å². The number of aliphatic hydroxyl groups excluding tert-OH is 4. The van der Waals surface area contributed by atoms with E-state index in [1.54, 1.807) is 0 Å². The number of esters is 2. The van der Waals surface area contributed by atoms with E-state index in [2.05, 4.69) is 9.47 Å². The second kappa shape index (κ2) is 7.98. The Labute approximate surface area is 104 Å². The van der Waals surface area contributed by atoms with Crippen LogP contribution < -0.4 is 0 Å². The lowest BCUT2D eigenvalue weighted by Crippen LogP contribution is -2.49. The summed E-state index contributed by atoms with van der Waals surface area (Å²) in [5.74, 6) is -1.46. The first kappa shape index (κ1) is 16.8. The van der Waals surface area contributed by atoms with Gasteiger partial charge in [-0.2, -0.15) is 0 Å². The maximum absolute atomic E-state index is 10.8. The number of carbonyl (C=O) groups is 2. The summed E-state index contributed by atoms with van der Waals surface area (Å²) >= 11 is 0. The summed E-state index contributed by atoms with van der Waals surface area (Å²) in [5, 5.41) is 37.1. The molecule has 0 rings (SSSR count). The highest BCUT2D eigenvalue weighted by Crippen LogP contribution is 2.11. The second-order valence-electron chi connectivity index (χ2n) is 3.68. The van der Waals surface area contributed by atoms with Gasteiger partial charge in [0.25, 0.3) is 0 Å². The Morgan fingerprint density at radius 3 is 2.00 bits per heavy atom. The van der Waals surface area contributed by atoms with E-state index in [4.69, 9.17) is 5.11 Å². The Kier molecular flexibility index (Phi) is 7.44. The highest BCUT2D eigenvalue weighted by Gasteiger charge is 2.35. The van der Waals surface area contributed by atoms with Crippen molar-refractivity contribution in [1.82, 2.24) is 0 Å². The van der Waals surface area contributed by atoms with E-state index in [0.29, 0.717) is 0 Å². The minimum absolute atomic E-state index is 0.511. The lowest BCUT2D eigenvalue weighted by Gasteiger charge is -2.28. The zero-order valence-electron chi connectivity index (χ0n) is 10.1. The maximum atomic E-state index is 10.8. The normalized spacial score (nSPS) is 17.4. The van der Waals surface area contributed by atoms with Crippen LogP contribution in [-0.4, -0.2) is 70.0 Å². The molecule has 0 aromatic carbocycles. The Bertz CT molecular complexity index is 279. The molecule has 0 aromatic heterocycles. The first-order valence-corrected chi connectivity index (χ1v) is 5.25. The van der Waals surface area contributed by atoms with Crippen molar-refractivity contribution in [3.63, 3.8) is 0 Å². The third kappa shape index (κ3) is 5.92. The quantitative estimate of drug-likeness (QED) is 0.373. The predicted octanol–water partition coefficient (Wildman–Crippen LogP) is -2.44. The summed E-state index contributed by atoms with van der Waals surface area (Å²) < 4.78 is 9.12. The van der Waals surface area contributed by atoms with Gasteiger partial charge in [0.15, 0.2) is 6.10 Å². The van der Waals surface area contributed by atoms with Crippen molar-refractivity contribution in [2.45, 2.75) is 38.3 Å². The molecule has 4 N–H and O–H groups in total. The molecule has 0 saturated carbocycles. The molecule has 0 aliphatic carbocycles. The molecule has 0 saturated heterocycles. The third-order valence-corrected chi connectivity index (χ3v) is 2.06. The molecule has 0 unspecified atom stereocenters. The van der Waals surface area contributed by atoms with Gasteiger partial charge >= 0.3 is 11.9 Å². The lowest BCUT2D eigenvalue weighted by atomic mass is 10.0. The van der Waals surface area contributed by atoms with Crippen LogP contribution in [0.4, 0.5) is 0 Å². The number of ether oxygens (including phenoxy) is 2. The first-order chi connectivity index (χ1) is 8.29. The van der Waals surface area contributed by atoms with Crippen molar-refractivity contribution >= 4 is 11.9 Å². The van der Waals surface area contributed by atoms with Crippen LogP contribution in [0.1, 0.15) is 13.8 Å². The van der Waals surface area contributed by atoms with E-state index >= 15 is 0 Å². The predicted molar refractivity (Wildman–Crippen MR) is 57.3 cm³/mol. The van der Waals surface area contributed by atoms with Gasteiger partial charge in [0.2, 0.25) is 0 Å². The van der Waals surface area contributed by atoms with Gasteiger partial charge in [-0.3, -0.25) is 9.59 Å². The van der Waals surface area contributed by atoms with Crippen LogP contribution in [0.5, 0.6) is 0 Å². The van der Waals surface area contributed by atoms with Crippen molar-refractivity contribution in [3.05, 3.63) is 0 Å². The lowest BCUT2D eigenvalue weighted by molar-refractivity contribution is -0.178. The molecular weight excluding hydrogens is 248 g/mol. The smallest absolute Gasteiger partial charge is 0.303 e. The summed E-state index contributed by atoms with van der Waals surface area (Å²) in [6, 6.07) is 0. The largest absolute Gasteiger partial charge is 0.463 e. The Morgan fingerprint density at radius 2 is 1.61 bits per heavy atom. The number of hydrogen-bond donors (Lipinski definition) is 4. The number of hydrogen-bond acceptors (Lipinski definition) is 8. The molecule has 8 nitrogen and oxygen atoms in total. The van der Waals surface area contributed by atoms with Gasteiger partial charge in [-0.25, -0.2) is 0 Å². The van der Waals surface area contributed by atoms with Crippen molar-refractivity contribution < 1.29 is 39.5 Å². The molecule has 4 atom stereocenters. The van der Waals surface area contributed by atoms with E-state index in [-0.39, 0.29) is 0 Å². The van der Waals surface area contributed by atoms with Crippen molar-refractivity contribution in [1.29, 1.82) is 0 Å². The zero-order valence-corrected chi connectivity index (χ0v) is 10.1. The summed E-state index contributed by atoms with van der Waals surface area (Å²) in [4.78, 5) is 21.4. The molecule has 0 aromatic rings. The van der Waals surface area contributed by atoms with Gasteiger partial charge in [0.05, 0.1) is 6.61 Å². The summed E-state index contributed by atoms with van der Waals surface area (Å²) in [6.07, 6.45) is -6.33. The molecule has 0 spiro atoms. The number of rotatable bonds is 7. The molecule has 0 radical (unpaired) electrons. The number of carbonyl (C=O) groups excluding carboxylic acids is 2. The molecule has 0 heterocycles. The van der Waals surface area contributed by atoms with Gasteiger partial charge in [0.1, 0.15) is 24.9 Å². The van der Waals surface area contributed by atoms with Crippen molar-refractivity contribution in [2.24, 2.45) is 0 Å². The molecule has 18 heavy (non-hydrogen) atoms. The Balaban J connectivity index is 4.64. The molecule has 8 heteroatoms. The van der Waals surface area contributed by atoms with E-state index in [9.17, 15) is 24.9 Å². The van der Waals surface area contributed by atoms with Crippen LogP contribution in [0, 0.1) is 0 Å². The third-order valence-electron chi connectivity index (χ3n) is 2.06. The van der Waals surface area contributed by atoms with Gasteiger partial charge in [-0.15, -0.1) is 0 Å². The van der Waals surface area contributed by atoms with E-state index in [0.717, 1.165) is 13.8 Å². The topological polar surface area (TPSA) is 134 Å². The molecule has 0 bridgehead atoms. The molecule has 0 aliphatic heterocycles. The van der Waals surface area contributed by atoms with Crippen molar-refractivity contribution in [2.75, 3.05) is 13.2 Å². The standard InChI is InChI=1S/C10H18O8/c1-5(12)17-4-8(15)10(18-6(2)13)9(16)7(14)3-11/h7-11,14-16H,3-4H2,1-2H3/t7-,8+,9-,10-/m1/s1. The average Bonchev–Trinajstić information content (AvgIpc) is 2.30. The average molecular weight is 266 g/mol. The van der Waals surface area contributed by atoms with Gasteiger partial charge in [0, 0.05) is 13.8 Å². The fraction of sp³-hybridized carbons (Fsp3) is 0.800. The second-order valence-corrected chi connectivity index (χ2v) is 3.68. The summed E-state index contributed by atoms with van der Waals surface area (Å²) in [7, 11) is 0. The molecular formula is C10H18O8. The zero-order chi connectivity index (χ0) is 14.3. The summed E-state index contributed by atoms with van der Waals surface area (Å²) in [6.45, 7) is 0.873. The van der Waals surface area contributed by atoms with Crippen molar-refractivity contribution in [3.8, 4) is 0 Å². The minimum atomic E-state index is -1.70. The van der Waals surface area contributed by atoms with E-state index < -0.39 is 49.6 Å². The molecule has 0 amide bonds. The summed E-state index contributed by atoms with van der Waals surface area (Å²) in [5.41, 5.74) is 0.